The first-order chi connectivity index (χ1) is 10.1. The van der Waals surface area contributed by atoms with Gasteiger partial charge in [-0.1, -0.05) is 29.9 Å². The van der Waals surface area contributed by atoms with Crippen LogP contribution in [0.2, 0.25) is 5.02 Å². The summed E-state index contributed by atoms with van der Waals surface area (Å²) in [5.41, 5.74) is 8.47. The van der Waals surface area contributed by atoms with E-state index in [4.69, 9.17) is 29.6 Å². The molecule has 5 nitrogen and oxygen atoms in total. The zero-order chi connectivity index (χ0) is 14.7. The molecule has 2 aromatic rings. The largest absolute Gasteiger partial charge is 0.388 e. The van der Waals surface area contributed by atoms with E-state index < -0.39 is 0 Å². The maximum Gasteiger partial charge on any atom is 0.258 e. The Morgan fingerprint density at radius 2 is 2.29 bits per heavy atom. The van der Waals surface area contributed by atoms with Gasteiger partial charge < -0.3 is 10.6 Å². The normalized spacial score (nSPS) is 19.2. The average molecular weight is 319 g/mol. The number of nitrogens with zero attached hydrogens (tertiary/aromatic N) is 3. The van der Waals surface area contributed by atoms with E-state index in [1.54, 1.807) is 17.3 Å². The number of carbonyl (C=O) groups is 1. The summed E-state index contributed by atoms with van der Waals surface area (Å²) < 4.78 is 1.89. The number of fused-ring (bicyclic) bond motifs is 5. The van der Waals surface area contributed by atoms with E-state index in [0.717, 1.165) is 17.8 Å². The third kappa shape index (κ3) is 1.60. The summed E-state index contributed by atoms with van der Waals surface area (Å²) in [4.78, 5) is 19.1. The minimum absolute atomic E-state index is 0.0417. The van der Waals surface area contributed by atoms with Gasteiger partial charge in [-0.25, -0.2) is 4.98 Å². The molecule has 0 aliphatic carbocycles. The van der Waals surface area contributed by atoms with Crippen LogP contribution in [-0.4, -0.2) is 31.9 Å². The number of hydrogen-bond donors (Lipinski definition) is 1. The molecule has 0 bridgehead atoms. The molecule has 1 amide bonds. The smallest absolute Gasteiger partial charge is 0.258 e. The molecule has 3 heterocycles. The fourth-order valence-electron chi connectivity index (χ4n) is 3.04. The molecule has 0 spiro atoms. The van der Waals surface area contributed by atoms with Gasteiger partial charge in [-0.05, 0) is 18.6 Å². The van der Waals surface area contributed by atoms with Crippen molar-refractivity contribution < 1.29 is 4.79 Å². The lowest BCUT2D eigenvalue weighted by atomic mass is 9.97. The first kappa shape index (κ1) is 12.8. The summed E-state index contributed by atoms with van der Waals surface area (Å²) in [7, 11) is 0. The second-order valence-electron chi connectivity index (χ2n) is 5.15. The summed E-state index contributed by atoms with van der Waals surface area (Å²) in [5.74, 6) is -0.0514. The van der Waals surface area contributed by atoms with Gasteiger partial charge in [-0.3, -0.25) is 9.36 Å². The highest BCUT2D eigenvalue weighted by Gasteiger charge is 2.42. The SMILES string of the molecule is NC(=S)c1ncn2c1[C@@H]1CCN1C(=O)c1c(Cl)cccc1-2. The van der Waals surface area contributed by atoms with Crippen LogP contribution in [0.3, 0.4) is 0 Å². The summed E-state index contributed by atoms with van der Waals surface area (Å²) in [6, 6.07) is 5.37. The molecule has 7 heteroatoms. The monoisotopic (exact) mass is 318 g/mol. The fourth-order valence-corrected chi connectivity index (χ4v) is 3.45. The second kappa shape index (κ2) is 4.29. The molecule has 106 valence electrons. The van der Waals surface area contributed by atoms with E-state index in [-0.39, 0.29) is 16.9 Å². The number of thiocarbonyl (C=S) groups is 1. The molecule has 2 N–H and O–H groups in total. The molecule has 1 aromatic heterocycles. The van der Waals surface area contributed by atoms with Gasteiger partial charge in [0, 0.05) is 6.54 Å². The van der Waals surface area contributed by atoms with Crippen LogP contribution in [0.25, 0.3) is 5.69 Å². The number of halogens is 1. The van der Waals surface area contributed by atoms with E-state index in [2.05, 4.69) is 4.98 Å². The van der Waals surface area contributed by atoms with Crippen molar-refractivity contribution in [1.82, 2.24) is 14.5 Å². The number of hydrogen-bond acceptors (Lipinski definition) is 3. The van der Waals surface area contributed by atoms with Crippen LogP contribution < -0.4 is 5.73 Å². The van der Waals surface area contributed by atoms with Crippen LogP contribution >= 0.6 is 23.8 Å². The summed E-state index contributed by atoms with van der Waals surface area (Å²) in [6.45, 7) is 0.704. The van der Waals surface area contributed by atoms with Crippen molar-refractivity contribution in [3.8, 4) is 5.69 Å². The van der Waals surface area contributed by atoms with Gasteiger partial charge >= 0.3 is 0 Å². The molecular weight excluding hydrogens is 308 g/mol. The minimum atomic E-state index is -0.0514. The van der Waals surface area contributed by atoms with Crippen molar-refractivity contribution in [1.29, 1.82) is 0 Å². The van der Waals surface area contributed by atoms with Gasteiger partial charge in [0.2, 0.25) is 0 Å². The maximum absolute atomic E-state index is 12.7. The topological polar surface area (TPSA) is 64.2 Å². The number of aromatic nitrogens is 2. The van der Waals surface area contributed by atoms with Crippen LogP contribution in [0.4, 0.5) is 0 Å². The fraction of sp³-hybridized carbons (Fsp3) is 0.214. The van der Waals surface area contributed by atoms with Crippen LogP contribution in [0.1, 0.15) is 34.2 Å². The van der Waals surface area contributed by atoms with E-state index in [9.17, 15) is 4.79 Å². The van der Waals surface area contributed by atoms with Crippen molar-refractivity contribution in [2.45, 2.75) is 12.5 Å². The average Bonchev–Trinajstić information content (AvgIpc) is 2.78. The highest BCUT2D eigenvalue weighted by Crippen LogP contribution is 2.42. The third-order valence-corrected chi connectivity index (χ3v) is 4.61. The number of benzene rings is 1. The molecule has 0 unspecified atom stereocenters. The molecule has 1 fully saturated rings. The molecule has 1 atom stereocenters. The molecular formula is C14H11ClN4OS. The minimum Gasteiger partial charge on any atom is -0.388 e. The van der Waals surface area contributed by atoms with Crippen molar-refractivity contribution >= 4 is 34.7 Å². The van der Waals surface area contributed by atoms with Crippen molar-refractivity contribution in [3.63, 3.8) is 0 Å². The number of nitrogens with two attached hydrogens (primary N) is 1. The molecule has 4 rings (SSSR count). The summed E-state index contributed by atoms with van der Waals surface area (Å²) >= 11 is 11.3. The van der Waals surface area contributed by atoms with Gasteiger partial charge in [0.15, 0.2) is 0 Å². The Morgan fingerprint density at radius 1 is 1.48 bits per heavy atom. The van der Waals surface area contributed by atoms with Crippen LogP contribution in [-0.2, 0) is 0 Å². The lowest BCUT2D eigenvalue weighted by molar-refractivity contribution is 0.0460. The number of rotatable bonds is 1. The van der Waals surface area contributed by atoms with Gasteiger partial charge in [-0.15, -0.1) is 0 Å². The Morgan fingerprint density at radius 3 is 2.95 bits per heavy atom. The lowest BCUT2D eigenvalue weighted by Crippen LogP contribution is -2.45. The van der Waals surface area contributed by atoms with Crippen LogP contribution in [0.5, 0.6) is 0 Å². The summed E-state index contributed by atoms with van der Waals surface area (Å²) in [6.07, 6.45) is 2.53. The third-order valence-electron chi connectivity index (χ3n) is 4.10. The first-order valence-corrected chi connectivity index (χ1v) is 7.35. The number of carbonyl (C=O) groups excluding carboxylic acids is 1. The Bertz CT molecular complexity index is 800. The van der Waals surface area contributed by atoms with E-state index in [0.29, 0.717) is 22.8 Å². The predicted molar refractivity (Wildman–Crippen MR) is 82.9 cm³/mol. The lowest BCUT2D eigenvalue weighted by Gasteiger charge is -2.40. The molecule has 21 heavy (non-hydrogen) atoms. The summed E-state index contributed by atoms with van der Waals surface area (Å²) in [5, 5.41) is 0.446. The second-order valence-corrected chi connectivity index (χ2v) is 6.00. The van der Waals surface area contributed by atoms with E-state index in [1.807, 2.05) is 16.7 Å². The number of amides is 1. The Hall–Kier alpha value is -1.92. The first-order valence-electron chi connectivity index (χ1n) is 6.56. The zero-order valence-corrected chi connectivity index (χ0v) is 12.5. The van der Waals surface area contributed by atoms with E-state index in [1.165, 1.54) is 0 Å². The standard InChI is InChI=1S/C14H11ClN4OS/c15-7-2-1-3-8-10(7)14(20)18-5-4-9(18)12-11(13(16)21)17-6-19(8)12/h1-3,6,9H,4-5H2,(H2,16,21)/t9-/m0/s1. The van der Waals surface area contributed by atoms with Gasteiger partial charge in [-0.2, -0.15) is 0 Å². The maximum atomic E-state index is 12.7. The van der Waals surface area contributed by atoms with Gasteiger partial charge in [0.25, 0.3) is 5.91 Å². The van der Waals surface area contributed by atoms with Gasteiger partial charge in [0.05, 0.1) is 28.0 Å². The van der Waals surface area contributed by atoms with Crippen molar-refractivity contribution in [3.05, 3.63) is 46.5 Å². The van der Waals surface area contributed by atoms with Crippen LogP contribution in [0.15, 0.2) is 24.5 Å². The molecule has 2 aliphatic heterocycles. The molecule has 0 radical (unpaired) electrons. The Kier molecular flexibility index (Phi) is 2.61. The molecule has 1 saturated heterocycles. The van der Waals surface area contributed by atoms with Gasteiger partial charge in [0.1, 0.15) is 17.0 Å². The molecule has 0 saturated carbocycles. The molecule has 1 aromatic carbocycles. The highest BCUT2D eigenvalue weighted by atomic mass is 35.5. The quantitative estimate of drug-likeness (QED) is 0.817. The van der Waals surface area contributed by atoms with Crippen molar-refractivity contribution in [2.75, 3.05) is 6.54 Å². The number of imidazole rings is 1. The Labute approximate surface area is 131 Å². The highest BCUT2D eigenvalue weighted by molar-refractivity contribution is 7.80. The molecule has 2 aliphatic rings. The van der Waals surface area contributed by atoms with E-state index >= 15 is 0 Å². The van der Waals surface area contributed by atoms with Crippen LogP contribution in [0, 0.1) is 0 Å². The Balaban J connectivity index is 2.07. The predicted octanol–water partition coefficient (Wildman–Crippen LogP) is 2.06. The zero-order valence-electron chi connectivity index (χ0n) is 10.9. The van der Waals surface area contributed by atoms with Crippen molar-refractivity contribution in [2.24, 2.45) is 5.73 Å².